The van der Waals surface area contributed by atoms with Crippen molar-refractivity contribution >= 4 is 0 Å². The molecule has 1 aromatic rings. The van der Waals surface area contributed by atoms with Crippen LogP contribution >= 0.6 is 0 Å². The smallest absolute Gasteiger partial charge is 0.123 e. The van der Waals surface area contributed by atoms with Crippen LogP contribution in [0.15, 0.2) is 35.9 Å². The fraction of sp³-hybridized carbons (Fsp3) is 0.273. The van der Waals surface area contributed by atoms with Crippen molar-refractivity contribution in [3.63, 3.8) is 0 Å². The Morgan fingerprint density at radius 2 is 1.92 bits per heavy atom. The predicted molar refractivity (Wildman–Crippen MR) is 50.8 cm³/mol. The van der Waals surface area contributed by atoms with Crippen molar-refractivity contribution in [1.82, 2.24) is 0 Å². The van der Waals surface area contributed by atoms with Gasteiger partial charge in [0, 0.05) is 0 Å². The Morgan fingerprint density at radius 1 is 1.38 bits per heavy atom. The number of allylic oxidation sites excluding steroid dienone is 1. The summed E-state index contributed by atoms with van der Waals surface area (Å²) in [6, 6.07) is 5.88. The number of aliphatic hydroxyl groups is 1. The lowest BCUT2D eigenvalue weighted by atomic mass is 10.0. The Bertz CT molecular complexity index is 300. The number of hydrogen-bond donors (Lipinski definition) is 1. The molecule has 0 aliphatic rings. The molecule has 0 spiro atoms. The zero-order chi connectivity index (χ0) is 9.84. The minimum atomic E-state index is -0.620. The summed E-state index contributed by atoms with van der Waals surface area (Å²) in [6.45, 7) is 3.70. The van der Waals surface area contributed by atoms with Gasteiger partial charge in [-0.3, -0.25) is 0 Å². The predicted octanol–water partition coefficient (Wildman–Crippen LogP) is 2.83. The molecule has 1 atom stereocenters. The molecular weight excluding hydrogens is 167 g/mol. The third-order valence-electron chi connectivity index (χ3n) is 2.07. The summed E-state index contributed by atoms with van der Waals surface area (Å²) in [6.07, 6.45) is 1.22. The maximum atomic E-state index is 12.5. The van der Waals surface area contributed by atoms with Gasteiger partial charge in [0.15, 0.2) is 0 Å². The van der Waals surface area contributed by atoms with Crippen molar-refractivity contribution in [2.45, 2.75) is 20.0 Å². The second-order valence-corrected chi connectivity index (χ2v) is 2.99. The van der Waals surface area contributed by atoms with Crippen molar-refractivity contribution in [3.05, 3.63) is 47.3 Å². The molecule has 0 radical (unpaired) electrons. The fourth-order valence-electron chi connectivity index (χ4n) is 1.07. The Balaban J connectivity index is 2.89. The average molecular weight is 180 g/mol. The van der Waals surface area contributed by atoms with Crippen LogP contribution in [0.2, 0.25) is 0 Å². The van der Waals surface area contributed by atoms with Gasteiger partial charge >= 0.3 is 0 Å². The van der Waals surface area contributed by atoms with Crippen LogP contribution in [0.5, 0.6) is 0 Å². The van der Waals surface area contributed by atoms with Crippen molar-refractivity contribution in [2.24, 2.45) is 0 Å². The van der Waals surface area contributed by atoms with Gasteiger partial charge in [-0.2, -0.15) is 0 Å². The van der Waals surface area contributed by atoms with E-state index in [2.05, 4.69) is 0 Å². The van der Waals surface area contributed by atoms with E-state index in [-0.39, 0.29) is 5.82 Å². The molecule has 0 aromatic heterocycles. The van der Waals surface area contributed by atoms with Crippen molar-refractivity contribution < 1.29 is 9.50 Å². The van der Waals surface area contributed by atoms with E-state index in [0.717, 1.165) is 11.1 Å². The van der Waals surface area contributed by atoms with E-state index in [4.69, 9.17) is 0 Å². The number of halogens is 1. The molecule has 1 nitrogen and oxygen atoms in total. The first kappa shape index (κ1) is 9.93. The van der Waals surface area contributed by atoms with E-state index in [9.17, 15) is 9.50 Å². The summed E-state index contributed by atoms with van der Waals surface area (Å²) in [5.41, 5.74) is 1.59. The topological polar surface area (TPSA) is 20.2 Å². The maximum Gasteiger partial charge on any atom is 0.123 e. The van der Waals surface area contributed by atoms with E-state index < -0.39 is 6.10 Å². The van der Waals surface area contributed by atoms with Crippen LogP contribution in [0, 0.1) is 5.82 Å². The van der Waals surface area contributed by atoms with Gasteiger partial charge in [0.25, 0.3) is 0 Å². The van der Waals surface area contributed by atoms with Crippen molar-refractivity contribution in [2.75, 3.05) is 0 Å². The number of rotatable bonds is 2. The highest BCUT2D eigenvalue weighted by Crippen LogP contribution is 2.20. The van der Waals surface area contributed by atoms with E-state index >= 15 is 0 Å². The Kier molecular flexibility index (Phi) is 3.20. The van der Waals surface area contributed by atoms with Gasteiger partial charge in [0.05, 0.1) is 6.10 Å². The molecule has 2 heteroatoms. The quantitative estimate of drug-likeness (QED) is 0.694. The molecule has 13 heavy (non-hydrogen) atoms. The van der Waals surface area contributed by atoms with Crippen LogP contribution in [0.25, 0.3) is 0 Å². The van der Waals surface area contributed by atoms with Crippen LogP contribution < -0.4 is 0 Å². The first-order valence-corrected chi connectivity index (χ1v) is 4.21. The maximum absolute atomic E-state index is 12.5. The lowest BCUT2D eigenvalue weighted by Crippen LogP contribution is -1.98. The fourth-order valence-corrected chi connectivity index (χ4v) is 1.07. The summed E-state index contributed by atoms with van der Waals surface area (Å²) < 4.78 is 12.5. The minimum Gasteiger partial charge on any atom is -0.384 e. The molecule has 1 rings (SSSR count). The summed E-state index contributed by atoms with van der Waals surface area (Å²) >= 11 is 0. The Labute approximate surface area is 77.5 Å². The molecule has 0 amide bonds. The van der Waals surface area contributed by atoms with Gasteiger partial charge in [-0.1, -0.05) is 18.2 Å². The highest BCUT2D eigenvalue weighted by atomic mass is 19.1. The highest BCUT2D eigenvalue weighted by molar-refractivity contribution is 5.25. The van der Waals surface area contributed by atoms with Gasteiger partial charge in [0.1, 0.15) is 5.82 Å². The molecule has 0 bridgehead atoms. The molecular formula is C11H13FO. The van der Waals surface area contributed by atoms with Crippen LogP contribution in [-0.4, -0.2) is 5.11 Å². The molecule has 0 saturated carbocycles. The summed E-state index contributed by atoms with van der Waals surface area (Å²) in [4.78, 5) is 0. The number of hydrogen-bond acceptors (Lipinski definition) is 1. The number of aliphatic hydroxyl groups excluding tert-OH is 1. The second-order valence-electron chi connectivity index (χ2n) is 2.99. The molecule has 0 unspecified atom stereocenters. The molecule has 0 heterocycles. The van der Waals surface area contributed by atoms with Crippen LogP contribution in [0.4, 0.5) is 4.39 Å². The zero-order valence-electron chi connectivity index (χ0n) is 7.79. The van der Waals surface area contributed by atoms with Crippen LogP contribution in [-0.2, 0) is 0 Å². The summed E-state index contributed by atoms with van der Waals surface area (Å²) in [5, 5.41) is 9.69. The molecule has 0 saturated heterocycles. The standard InChI is InChI=1S/C11H13FO/c1-3-8(2)11(13)9-4-6-10(12)7-5-9/h3-7,11,13H,1-2H3/b8-3+/t11-/m0/s1. The lowest BCUT2D eigenvalue weighted by Gasteiger charge is -2.10. The summed E-state index contributed by atoms with van der Waals surface area (Å²) in [5.74, 6) is -0.283. The van der Waals surface area contributed by atoms with Crippen molar-refractivity contribution in [3.8, 4) is 0 Å². The Hall–Kier alpha value is -1.15. The third-order valence-corrected chi connectivity index (χ3v) is 2.07. The molecule has 1 aromatic carbocycles. The first-order chi connectivity index (χ1) is 6.15. The second kappa shape index (κ2) is 4.19. The SMILES string of the molecule is C/C=C(\C)[C@H](O)c1ccc(F)cc1. The summed E-state index contributed by atoms with van der Waals surface area (Å²) in [7, 11) is 0. The molecule has 0 fully saturated rings. The average Bonchev–Trinajstić information content (AvgIpc) is 2.17. The largest absolute Gasteiger partial charge is 0.384 e. The molecule has 0 aliphatic carbocycles. The lowest BCUT2D eigenvalue weighted by molar-refractivity contribution is 0.215. The van der Waals surface area contributed by atoms with Gasteiger partial charge < -0.3 is 5.11 Å². The third kappa shape index (κ3) is 2.39. The van der Waals surface area contributed by atoms with E-state index in [1.165, 1.54) is 12.1 Å². The zero-order valence-corrected chi connectivity index (χ0v) is 7.79. The Morgan fingerprint density at radius 3 is 2.38 bits per heavy atom. The van der Waals surface area contributed by atoms with Gasteiger partial charge in [0.2, 0.25) is 0 Å². The monoisotopic (exact) mass is 180 g/mol. The van der Waals surface area contributed by atoms with Crippen LogP contribution in [0.1, 0.15) is 25.5 Å². The normalized spacial score (nSPS) is 14.3. The molecule has 70 valence electrons. The van der Waals surface area contributed by atoms with E-state index in [0.29, 0.717) is 0 Å². The first-order valence-electron chi connectivity index (χ1n) is 4.21. The number of benzene rings is 1. The molecule has 0 aliphatic heterocycles. The van der Waals surface area contributed by atoms with Gasteiger partial charge in [-0.15, -0.1) is 0 Å². The van der Waals surface area contributed by atoms with E-state index in [1.807, 2.05) is 19.9 Å². The van der Waals surface area contributed by atoms with E-state index in [1.54, 1.807) is 12.1 Å². The minimum absolute atomic E-state index is 0.283. The van der Waals surface area contributed by atoms with Crippen LogP contribution in [0.3, 0.4) is 0 Å². The molecule has 1 N–H and O–H groups in total. The van der Waals surface area contributed by atoms with Crippen molar-refractivity contribution in [1.29, 1.82) is 0 Å². The highest BCUT2D eigenvalue weighted by Gasteiger charge is 2.07. The van der Waals surface area contributed by atoms with Gasteiger partial charge in [-0.05, 0) is 37.1 Å². The van der Waals surface area contributed by atoms with Gasteiger partial charge in [-0.25, -0.2) is 4.39 Å².